The minimum atomic E-state index is -4.79. The summed E-state index contributed by atoms with van der Waals surface area (Å²) in [4.78, 5) is 16.8. The average Bonchev–Trinajstić information content (AvgIpc) is 2.65. The molecule has 1 aliphatic rings. The molecule has 0 spiro atoms. The minimum absolute atomic E-state index is 0.139. The monoisotopic (exact) mass is 377 g/mol. The van der Waals surface area contributed by atoms with Crippen molar-refractivity contribution in [2.45, 2.75) is 18.1 Å². The van der Waals surface area contributed by atoms with Crippen LogP contribution in [0.4, 0.5) is 13.2 Å². The molecule has 2 aromatic rings. The lowest BCUT2D eigenvalue weighted by atomic mass is 9.83. The number of nitrogens with zero attached hydrogens (tertiary/aromatic N) is 2. The highest BCUT2D eigenvalue weighted by molar-refractivity contribution is 5.99. The molecule has 8 heteroatoms. The summed E-state index contributed by atoms with van der Waals surface area (Å²) in [5.41, 5.74) is 3.99. The number of carbonyl (C=O) groups excluding carboxylic acids is 1. The lowest BCUT2D eigenvalue weighted by molar-refractivity contribution is -0.195. The van der Waals surface area contributed by atoms with Crippen molar-refractivity contribution in [2.24, 2.45) is 10.7 Å². The number of guanidine groups is 1. The first-order valence-electron chi connectivity index (χ1n) is 8.11. The van der Waals surface area contributed by atoms with Gasteiger partial charge in [0, 0.05) is 7.05 Å². The van der Waals surface area contributed by atoms with Crippen molar-refractivity contribution in [3.05, 3.63) is 54.1 Å². The topological polar surface area (TPSA) is 67.9 Å². The van der Waals surface area contributed by atoms with Gasteiger partial charge >= 0.3 is 6.18 Å². The number of halogens is 3. The van der Waals surface area contributed by atoms with Gasteiger partial charge in [-0.1, -0.05) is 30.3 Å². The quantitative estimate of drug-likeness (QED) is 0.893. The van der Waals surface area contributed by atoms with E-state index >= 15 is 0 Å². The van der Waals surface area contributed by atoms with Crippen LogP contribution in [-0.4, -0.2) is 37.1 Å². The SMILES string of the molecule is COc1cccc(-c2cccc(C3(C(F)(F)F)CC(=O)N(C)C(N)=N3)c2)c1. The van der Waals surface area contributed by atoms with E-state index in [0.717, 1.165) is 4.90 Å². The fourth-order valence-electron chi connectivity index (χ4n) is 3.03. The highest BCUT2D eigenvalue weighted by atomic mass is 19.4. The lowest BCUT2D eigenvalue weighted by Crippen LogP contribution is -2.54. The number of amides is 1. The first-order chi connectivity index (χ1) is 12.7. The molecule has 142 valence electrons. The van der Waals surface area contributed by atoms with Crippen LogP contribution >= 0.6 is 0 Å². The van der Waals surface area contributed by atoms with Gasteiger partial charge in [-0.3, -0.25) is 9.69 Å². The van der Waals surface area contributed by atoms with Crippen LogP contribution in [0, 0.1) is 0 Å². The number of hydrogen-bond acceptors (Lipinski definition) is 4. The van der Waals surface area contributed by atoms with Crippen LogP contribution in [0.5, 0.6) is 5.75 Å². The number of alkyl halides is 3. The van der Waals surface area contributed by atoms with E-state index in [0.29, 0.717) is 16.9 Å². The molecule has 1 aliphatic heterocycles. The Balaban J connectivity index is 2.17. The zero-order valence-corrected chi connectivity index (χ0v) is 14.7. The molecule has 0 radical (unpaired) electrons. The van der Waals surface area contributed by atoms with Crippen LogP contribution in [0.2, 0.25) is 0 Å². The third-order valence-electron chi connectivity index (χ3n) is 4.64. The molecule has 1 unspecified atom stereocenters. The van der Waals surface area contributed by atoms with Crippen LogP contribution in [-0.2, 0) is 10.3 Å². The van der Waals surface area contributed by atoms with E-state index in [9.17, 15) is 18.0 Å². The zero-order chi connectivity index (χ0) is 19.8. The van der Waals surface area contributed by atoms with Crippen molar-refractivity contribution in [1.29, 1.82) is 0 Å². The summed E-state index contributed by atoms with van der Waals surface area (Å²) < 4.78 is 47.3. The number of nitrogens with two attached hydrogens (primary N) is 1. The van der Waals surface area contributed by atoms with E-state index in [1.807, 2.05) is 0 Å². The van der Waals surface area contributed by atoms with E-state index in [1.165, 1.54) is 32.4 Å². The number of rotatable bonds is 3. The maximum Gasteiger partial charge on any atom is 0.418 e. The molecule has 0 saturated carbocycles. The highest BCUT2D eigenvalue weighted by Crippen LogP contribution is 2.47. The Kier molecular flexibility index (Phi) is 4.59. The second-order valence-electron chi connectivity index (χ2n) is 6.27. The van der Waals surface area contributed by atoms with Gasteiger partial charge in [-0.25, -0.2) is 4.99 Å². The molecule has 1 heterocycles. The summed E-state index contributed by atoms with van der Waals surface area (Å²) >= 11 is 0. The van der Waals surface area contributed by atoms with Crippen LogP contribution in [0.3, 0.4) is 0 Å². The number of benzene rings is 2. The molecule has 27 heavy (non-hydrogen) atoms. The Morgan fingerprint density at radius 2 is 1.78 bits per heavy atom. The fourth-order valence-corrected chi connectivity index (χ4v) is 3.03. The minimum Gasteiger partial charge on any atom is -0.497 e. The average molecular weight is 377 g/mol. The zero-order valence-electron chi connectivity index (χ0n) is 14.7. The van der Waals surface area contributed by atoms with E-state index < -0.39 is 30.0 Å². The van der Waals surface area contributed by atoms with Gasteiger partial charge in [0.25, 0.3) is 0 Å². The maximum atomic E-state index is 14.1. The molecule has 0 aliphatic carbocycles. The molecule has 2 aromatic carbocycles. The third kappa shape index (κ3) is 3.22. The fraction of sp³-hybridized carbons (Fsp3) is 0.263. The van der Waals surface area contributed by atoms with Crippen LogP contribution < -0.4 is 10.5 Å². The molecule has 0 aromatic heterocycles. The van der Waals surface area contributed by atoms with Gasteiger partial charge in [-0.15, -0.1) is 0 Å². The number of ether oxygens (including phenoxy) is 1. The van der Waals surface area contributed by atoms with Crippen molar-refractivity contribution >= 4 is 11.9 Å². The third-order valence-corrected chi connectivity index (χ3v) is 4.64. The molecule has 0 bridgehead atoms. The van der Waals surface area contributed by atoms with Gasteiger partial charge in [-0.2, -0.15) is 13.2 Å². The molecular weight excluding hydrogens is 359 g/mol. The number of aliphatic imine (C=N–C) groups is 1. The smallest absolute Gasteiger partial charge is 0.418 e. The molecule has 2 N–H and O–H groups in total. The number of methoxy groups -OCH3 is 1. The summed E-state index contributed by atoms with van der Waals surface area (Å²) in [5.74, 6) is -0.623. The predicted octanol–water partition coefficient (Wildman–Crippen LogP) is 3.30. The van der Waals surface area contributed by atoms with Crippen molar-refractivity contribution in [3.63, 3.8) is 0 Å². The van der Waals surface area contributed by atoms with Crippen molar-refractivity contribution < 1.29 is 22.7 Å². The lowest BCUT2D eigenvalue weighted by Gasteiger charge is -2.37. The molecule has 0 fully saturated rings. The first-order valence-corrected chi connectivity index (χ1v) is 8.11. The summed E-state index contributed by atoms with van der Waals surface area (Å²) in [6.07, 6.45) is -5.63. The summed E-state index contributed by atoms with van der Waals surface area (Å²) in [7, 11) is 2.81. The second-order valence-corrected chi connectivity index (χ2v) is 6.27. The van der Waals surface area contributed by atoms with Crippen molar-refractivity contribution in [1.82, 2.24) is 4.90 Å². The Bertz CT molecular complexity index is 911. The second kappa shape index (κ2) is 6.61. The molecule has 0 saturated heterocycles. The van der Waals surface area contributed by atoms with Gasteiger partial charge in [0.15, 0.2) is 11.5 Å². The van der Waals surface area contributed by atoms with Gasteiger partial charge in [0.1, 0.15) is 5.75 Å². The summed E-state index contributed by atoms with van der Waals surface area (Å²) in [6.45, 7) is 0. The van der Waals surface area contributed by atoms with E-state index in [2.05, 4.69) is 4.99 Å². The van der Waals surface area contributed by atoms with Crippen LogP contribution in [0.25, 0.3) is 11.1 Å². The Morgan fingerprint density at radius 1 is 1.15 bits per heavy atom. The van der Waals surface area contributed by atoms with Crippen LogP contribution in [0.15, 0.2) is 53.5 Å². The van der Waals surface area contributed by atoms with Gasteiger partial charge in [0.2, 0.25) is 5.91 Å². The maximum absolute atomic E-state index is 14.1. The van der Waals surface area contributed by atoms with E-state index in [-0.39, 0.29) is 5.56 Å². The summed E-state index contributed by atoms with van der Waals surface area (Å²) in [6, 6.07) is 12.9. The predicted molar refractivity (Wildman–Crippen MR) is 95.2 cm³/mol. The molecule has 3 rings (SSSR count). The van der Waals surface area contributed by atoms with Gasteiger partial charge in [0.05, 0.1) is 13.5 Å². The van der Waals surface area contributed by atoms with Crippen LogP contribution in [0.1, 0.15) is 12.0 Å². The molecule has 1 amide bonds. The molecule has 1 atom stereocenters. The number of carbonyl (C=O) groups is 1. The van der Waals surface area contributed by atoms with Gasteiger partial charge in [-0.05, 0) is 34.9 Å². The standard InChI is InChI=1S/C19H18F3N3O2/c1-25-16(26)11-18(19(20,21)22,24-17(25)23)14-7-3-5-12(9-14)13-6-4-8-15(10-13)27-2/h3-10H,11H2,1-2H3,(H2,23,24). The normalized spacial score (nSPS) is 20.4. The van der Waals surface area contributed by atoms with Crippen molar-refractivity contribution in [2.75, 3.05) is 14.2 Å². The molecule has 5 nitrogen and oxygen atoms in total. The Morgan fingerprint density at radius 3 is 2.37 bits per heavy atom. The Hall–Kier alpha value is -3.03. The van der Waals surface area contributed by atoms with E-state index in [1.54, 1.807) is 30.3 Å². The first kappa shape index (κ1) is 18.8. The summed E-state index contributed by atoms with van der Waals surface area (Å²) in [5, 5.41) is 0. The molecular formula is C19H18F3N3O2. The Labute approximate surface area is 154 Å². The van der Waals surface area contributed by atoms with Crippen molar-refractivity contribution in [3.8, 4) is 16.9 Å². The van der Waals surface area contributed by atoms with E-state index in [4.69, 9.17) is 10.5 Å². The largest absolute Gasteiger partial charge is 0.497 e. The van der Waals surface area contributed by atoms with Gasteiger partial charge < -0.3 is 10.5 Å². The number of hydrogen-bond donors (Lipinski definition) is 1. The highest BCUT2D eigenvalue weighted by Gasteiger charge is 2.59.